The molecule has 11 aromatic rings. The highest BCUT2D eigenvalue weighted by Crippen LogP contribution is 2.52. The maximum absolute atomic E-state index is 2.47. The van der Waals surface area contributed by atoms with Crippen molar-refractivity contribution in [1.82, 2.24) is 0 Å². The summed E-state index contributed by atoms with van der Waals surface area (Å²) in [6.07, 6.45) is 0. The molecule has 0 heterocycles. The summed E-state index contributed by atoms with van der Waals surface area (Å²) >= 11 is 0. The second kappa shape index (κ2) is 12.9. The summed E-state index contributed by atoms with van der Waals surface area (Å²) in [5, 5.41) is 12.7. The van der Waals surface area contributed by atoms with Crippen LogP contribution in [0.2, 0.25) is 0 Å². The summed E-state index contributed by atoms with van der Waals surface area (Å²) in [5.74, 6) is 0. The Kier molecular flexibility index (Phi) is 7.38. The minimum atomic E-state index is -0.0668. The third-order valence-electron chi connectivity index (χ3n) is 13.2. The number of hydrogen-bond acceptors (Lipinski definition) is 0. The van der Waals surface area contributed by atoms with Crippen molar-refractivity contribution in [3.05, 3.63) is 217 Å². The molecule has 0 aliphatic heterocycles. The molecule has 1 aliphatic carbocycles. The standard InChI is InChI=1S/C59H40/c1-59(2)53-26-14-13-17-43(53)44-34-33-42(36-54(44)59)58-51-24-11-7-20-47(51)56(48-21-8-12-25-52(48)58)39-30-28-38(29-31-39)55-45-18-5-9-22-49(45)57(50-23-10-6-19-46(50)55)41-32-27-37-15-3-4-16-40(37)35-41/h3-36H,1-2H3. The van der Waals surface area contributed by atoms with Gasteiger partial charge in [-0.25, -0.2) is 0 Å². The lowest BCUT2D eigenvalue weighted by Gasteiger charge is -2.23. The van der Waals surface area contributed by atoms with Crippen molar-refractivity contribution in [2.75, 3.05) is 0 Å². The molecule has 0 radical (unpaired) electrons. The van der Waals surface area contributed by atoms with E-state index in [0.717, 1.165) is 0 Å². The van der Waals surface area contributed by atoms with Gasteiger partial charge in [-0.2, -0.15) is 0 Å². The van der Waals surface area contributed by atoms with Gasteiger partial charge in [-0.3, -0.25) is 0 Å². The first-order valence-electron chi connectivity index (χ1n) is 20.8. The minimum Gasteiger partial charge on any atom is -0.0619 e. The highest BCUT2D eigenvalue weighted by molar-refractivity contribution is 6.23. The fraction of sp³-hybridized carbons (Fsp3) is 0.0508. The van der Waals surface area contributed by atoms with Gasteiger partial charge in [-0.05, 0) is 133 Å². The van der Waals surface area contributed by atoms with Crippen LogP contribution >= 0.6 is 0 Å². The van der Waals surface area contributed by atoms with Crippen molar-refractivity contribution in [1.29, 1.82) is 0 Å². The van der Waals surface area contributed by atoms with E-state index in [9.17, 15) is 0 Å². The van der Waals surface area contributed by atoms with Gasteiger partial charge in [0.05, 0.1) is 0 Å². The zero-order chi connectivity index (χ0) is 39.2. The van der Waals surface area contributed by atoms with Crippen molar-refractivity contribution in [2.45, 2.75) is 19.3 Å². The Morgan fingerprint density at radius 1 is 0.254 bits per heavy atom. The normalized spacial score (nSPS) is 13.1. The highest BCUT2D eigenvalue weighted by Gasteiger charge is 2.35. The van der Waals surface area contributed by atoms with Gasteiger partial charge >= 0.3 is 0 Å². The van der Waals surface area contributed by atoms with E-state index in [1.807, 2.05) is 0 Å². The number of fused-ring (bicyclic) bond motifs is 8. The fourth-order valence-corrected chi connectivity index (χ4v) is 10.5. The molecule has 0 bridgehead atoms. The van der Waals surface area contributed by atoms with Crippen LogP contribution in [0.1, 0.15) is 25.0 Å². The molecule has 0 saturated heterocycles. The maximum Gasteiger partial charge on any atom is 0.0159 e. The van der Waals surface area contributed by atoms with Crippen molar-refractivity contribution in [2.24, 2.45) is 0 Å². The van der Waals surface area contributed by atoms with E-state index in [2.05, 4.69) is 220 Å². The fourth-order valence-electron chi connectivity index (χ4n) is 10.5. The molecule has 0 heteroatoms. The maximum atomic E-state index is 2.47. The molecule has 12 rings (SSSR count). The first kappa shape index (κ1) is 33.8. The predicted molar refractivity (Wildman–Crippen MR) is 253 cm³/mol. The Morgan fingerprint density at radius 2 is 0.593 bits per heavy atom. The number of hydrogen-bond donors (Lipinski definition) is 0. The van der Waals surface area contributed by atoms with E-state index in [1.165, 1.54) is 121 Å². The van der Waals surface area contributed by atoms with Gasteiger partial charge in [0.25, 0.3) is 0 Å². The van der Waals surface area contributed by atoms with Crippen LogP contribution in [-0.4, -0.2) is 0 Å². The minimum absolute atomic E-state index is 0.0668. The van der Waals surface area contributed by atoms with Gasteiger partial charge in [-0.15, -0.1) is 0 Å². The first-order valence-corrected chi connectivity index (χ1v) is 20.8. The van der Waals surface area contributed by atoms with Crippen molar-refractivity contribution < 1.29 is 0 Å². The van der Waals surface area contributed by atoms with E-state index in [0.29, 0.717) is 0 Å². The van der Waals surface area contributed by atoms with Gasteiger partial charge < -0.3 is 0 Å². The second-order valence-electron chi connectivity index (χ2n) is 16.8. The van der Waals surface area contributed by atoms with Crippen LogP contribution in [0.25, 0.3) is 109 Å². The molecule has 0 nitrogen and oxygen atoms in total. The Labute approximate surface area is 344 Å². The molecule has 0 atom stereocenters. The third kappa shape index (κ3) is 5.03. The average molecular weight is 749 g/mol. The second-order valence-corrected chi connectivity index (χ2v) is 16.8. The topological polar surface area (TPSA) is 0 Å². The first-order chi connectivity index (χ1) is 29.0. The van der Waals surface area contributed by atoms with Crippen LogP contribution in [-0.2, 0) is 5.41 Å². The zero-order valence-electron chi connectivity index (χ0n) is 33.1. The van der Waals surface area contributed by atoms with Gasteiger partial charge in [0.15, 0.2) is 0 Å². The summed E-state index contributed by atoms with van der Waals surface area (Å²) in [6.45, 7) is 4.74. The Morgan fingerprint density at radius 3 is 1.08 bits per heavy atom. The predicted octanol–water partition coefficient (Wildman–Crippen LogP) is 16.4. The number of rotatable bonds is 4. The van der Waals surface area contributed by atoms with Crippen LogP contribution < -0.4 is 0 Å². The van der Waals surface area contributed by atoms with E-state index in [4.69, 9.17) is 0 Å². The van der Waals surface area contributed by atoms with E-state index in [-0.39, 0.29) is 5.41 Å². The SMILES string of the molecule is CC1(C)c2ccccc2-c2ccc(-c3c4ccccc4c(-c4ccc(-c5c6ccccc6c(-c6ccc7ccccc7c6)c6ccccc56)cc4)c4ccccc34)cc21. The average Bonchev–Trinajstić information content (AvgIpc) is 3.52. The monoisotopic (exact) mass is 748 g/mol. The third-order valence-corrected chi connectivity index (χ3v) is 13.2. The molecule has 59 heavy (non-hydrogen) atoms. The summed E-state index contributed by atoms with van der Waals surface area (Å²) in [5.41, 5.74) is 15.5. The van der Waals surface area contributed by atoms with Gasteiger partial charge in [0, 0.05) is 5.41 Å². The molecule has 1 aliphatic rings. The largest absolute Gasteiger partial charge is 0.0619 e. The Bertz CT molecular complexity index is 3390. The zero-order valence-corrected chi connectivity index (χ0v) is 33.1. The quantitative estimate of drug-likeness (QED) is 0.157. The lowest BCUT2D eigenvalue weighted by Crippen LogP contribution is -2.14. The van der Waals surface area contributed by atoms with E-state index in [1.54, 1.807) is 0 Å². The Balaban J connectivity index is 1.03. The van der Waals surface area contributed by atoms with Crippen LogP contribution in [0.3, 0.4) is 0 Å². The molecule has 0 amide bonds. The lowest BCUT2D eigenvalue weighted by atomic mass is 9.80. The smallest absolute Gasteiger partial charge is 0.0159 e. The summed E-state index contributed by atoms with van der Waals surface area (Å²) in [7, 11) is 0. The molecule has 0 aromatic heterocycles. The van der Waals surface area contributed by atoms with Crippen LogP contribution in [0, 0.1) is 0 Å². The molecule has 0 N–H and O–H groups in total. The van der Waals surface area contributed by atoms with Gasteiger partial charge in [0.1, 0.15) is 0 Å². The summed E-state index contributed by atoms with van der Waals surface area (Å²) in [4.78, 5) is 0. The molecule has 0 unspecified atom stereocenters. The molecule has 0 fully saturated rings. The van der Waals surface area contributed by atoms with E-state index < -0.39 is 0 Å². The molecule has 0 spiro atoms. The van der Waals surface area contributed by atoms with E-state index >= 15 is 0 Å². The Hall–Kier alpha value is -7.28. The van der Waals surface area contributed by atoms with Crippen molar-refractivity contribution >= 4 is 53.9 Å². The van der Waals surface area contributed by atoms with Crippen LogP contribution in [0.15, 0.2) is 206 Å². The number of benzene rings is 11. The lowest BCUT2D eigenvalue weighted by molar-refractivity contribution is 0.660. The van der Waals surface area contributed by atoms with Crippen LogP contribution in [0.4, 0.5) is 0 Å². The summed E-state index contributed by atoms with van der Waals surface area (Å²) < 4.78 is 0. The molecule has 11 aromatic carbocycles. The van der Waals surface area contributed by atoms with Crippen molar-refractivity contribution in [3.8, 4) is 55.6 Å². The molecular weight excluding hydrogens is 709 g/mol. The van der Waals surface area contributed by atoms with Crippen molar-refractivity contribution in [3.63, 3.8) is 0 Å². The summed E-state index contributed by atoms with van der Waals surface area (Å²) in [6, 6.07) is 76.9. The highest BCUT2D eigenvalue weighted by atomic mass is 14.4. The molecule has 0 saturated carbocycles. The van der Waals surface area contributed by atoms with Gasteiger partial charge in [-0.1, -0.05) is 208 Å². The van der Waals surface area contributed by atoms with Crippen LogP contribution in [0.5, 0.6) is 0 Å². The molecule has 276 valence electrons. The molecular formula is C59H40. The van der Waals surface area contributed by atoms with Gasteiger partial charge in [0.2, 0.25) is 0 Å².